The number of ketones is 1. The van der Waals surface area contributed by atoms with Crippen molar-refractivity contribution in [2.24, 2.45) is 0 Å². The molecule has 0 aromatic carbocycles. The maximum Gasteiger partial charge on any atom is 0.336 e. The lowest BCUT2D eigenvalue weighted by molar-refractivity contribution is -0.136. The molecule has 0 saturated carbocycles. The number of esters is 1. The molecule has 0 spiro atoms. The largest absolute Gasteiger partial charge is 0.466 e. The Morgan fingerprint density at radius 3 is 2.90 bits per heavy atom. The molecule has 0 radical (unpaired) electrons. The minimum atomic E-state index is -0.420. The molecular formula is C15H17N3O3. The molecule has 2 heterocycles. The van der Waals surface area contributed by atoms with Gasteiger partial charge in [0.15, 0.2) is 5.78 Å². The van der Waals surface area contributed by atoms with Crippen LogP contribution in [0.4, 0.5) is 0 Å². The van der Waals surface area contributed by atoms with Crippen LogP contribution in [0.3, 0.4) is 0 Å². The monoisotopic (exact) mass is 287 g/mol. The number of carbonyl (C=O) groups excluding carboxylic acids is 2. The molecule has 1 aromatic heterocycles. The highest BCUT2D eigenvalue weighted by atomic mass is 16.5. The molecule has 6 heteroatoms. The smallest absolute Gasteiger partial charge is 0.336 e. The van der Waals surface area contributed by atoms with E-state index in [1.807, 2.05) is 6.92 Å². The first-order valence-corrected chi connectivity index (χ1v) is 6.94. The van der Waals surface area contributed by atoms with Crippen molar-refractivity contribution in [2.75, 3.05) is 7.11 Å². The second kappa shape index (κ2) is 5.20. The summed E-state index contributed by atoms with van der Waals surface area (Å²) in [5.41, 5.74) is 3.62. The summed E-state index contributed by atoms with van der Waals surface area (Å²) in [4.78, 5) is 24.6. The lowest BCUT2D eigenvalue weighted by Crippen LogP contribution is -2.34. The summed E-state index contributed by atoms with van der Waals surface area (Å²) in [5, 5.41) is 9.91. The number of nitrogens with zero attached hydrogens (tertiary/aromatic N) is 1. The highest BCUT2D eigenvalue weighted by molar-refractivity contribution is 6.03. The fraction of sp³-hybridized carbons (Fsp3) is 0.400. The maximum atomic E-state index is 12.4. The molecule has 1 aliphatic heterocycles. The summed E-state index contributed by atoms with van der Waals surface area (Å²) in [6.45, 7) is 1.84. The van der Waals surface area contributed by atoms with Crippen molar-refractivity contribution in [1.82, 2.24) is 15.5 Å². The minimum Gasteiger partial charge on any atom is -0.466 e. The normalized spacial score (nSPS) is 22.0. The van der Waals surface area contributed by atoms with Gasteiger partial charge in [0.1, 0.15) is 0 Å². The van der Waals surface area contributed by atoms with Crippen molar-refractivity contribution in [3.05, 3.63) is 40.5 Å². The first-order chi connectivity index (χ1) is 10.1. The molecule has 1 atom stereocenters. The van der Waals surface area contributed by atoms with E-state index in [0.29, 0.717) is 17.6 Å². The standard InChI is InChI=1S/C15H17N3O3/c1-8-12(15(20)21-2)13(9-6-16-17-7-9)14-10(18-8)4-3-5-11(14)19/h6-7,13,18H,3-5H2,1-2H3,(H,16,17)/t13-/m0/s1. The zero-order valence-electron chi connectivity index (χ0n) is 12.0. The van der Waals surface area contributed by atoms with Crippen molar-refractivity contribution in [3.63, 3.8) is 0 Å². The molecule has 3 rings (SSSR count). The Kier molecular flexibility index (Phi) is 3.37. The van der Waals surface area contributed by atoms with Crippen LogP contribution in [0.15, 0.2) is 34.9 Å². The molecule has 0 saturated heterocycles. The van der Waals surface area contributed by atoms with Crippen LogP contribution < -0.4 is 5.32 Å². The van der Waals surface area contributed by atoms with Crippen molar-refractivity contribution in [3.8, 4) is 0 Å². The number of rotatable bonds is 2. The van der Waals surface area contributed by atoms with E-state index in [4.69, 9.17) is 4.74 Å². The SMILES string of the molecule is COC(=O)C1=C(C)NC2=C(C(=O)CCC2)[C@H]1c1cn[nH]c1. The number of aromatic nitrogens is 2. The van der Waals surface area contributed by atoms with Gasteiger partial charge in [-0.25, -0.2) is 4.79 Å². The lowest BCUT2D eigenvalue weighted by atomic mass is 9.76. The second-order valence-corrected chi connectivity index (χ2v) is 5.29. The maximum absolute atomic E-state index is 12.4. The van der Waals surface area contributed by atoms with Crippen molar-refractivity contribution < 1.29 is 14.3 Å². The van der Waals surface area contributed by atoms with E-state index in [1.54, 1.807) is 12.4 Å². The number of hydrogen-bond donors (Lipinski definition) is 2. The summed E-state index contributed by atoms with van der Waals surface area (Å²) >= 11 is 0. The summed E-state index contributed by atoms with van der Waals surface area (Å²) in [6.07, 6.45) is 5.55. The fourth-order valence-electron chi connectivity index (χ4n) is 3.12. The van der Waals surface area contributed by atoms with Gasteiger partial charge in [0.25, 0.3) is 0 Å². The Morgan fingerprint density at radius 1 is 1.43 bits per heavy atom. The number of hydrogen-bond acceptors (Lipinski definition) is 5. The van der Waals surface area contributed by atoms with Gasteiger partial charge in [0.2, 0.25) is 0 Å². The highest BCUT2D eigenvalue weighted by Crippen LogP contribution is 2.41. The van der Waals surface area contributed by atoms with Crippen LogP contribution in [0.25, 0.3) is 0 Å². The molecule has 1 aliphatic carbocycles. The topological polar surface area (TPSA) is 84.1 Å². The second-order valence-electron chi connectivity index (χ2n) is 5.29. The van der Waals surface area contributed by atoms with E-state index < -0.39 is 11.9 Å². The predicted octanol–water partition coefficient (Wildman–Crippen LogP) is 1.55. The molecular weight excluding hydrogens is 270 g/mol. The number of ether oxygens (including phenoxy) is 1. The molecule has 2 N–H and O–H groups in total. The molecule has 6 nitrogen and oxygen atoms in total. The first kappa shape index (κ1) is 13.6. The van der Waals surface area contributed by atoms with E-state index in [1.165, 1.54) is 7.11 Å². The van der Waals surface area contributed by atoms with Gasteiger partial charge in [-0.2, -0.15) is 5.10 Å². The fourth-order valence-corrected chi connectivity index (χ4v) is 3.12. The summed E-state index contributed by atoms with van der Waals surface area (Å²) < 4.78 is 4.90. The van der Waals surface area contributed by atoms with Gasteiger partial charge in [-0.3, -0.25) is 9.89 Å². The minimum absolute atomic E-state index is 0.0869. The molecule has 2 aliphatic rings. The average molecular weight is 287 g/mol. The number of Topliss-reactive ketones (excluding diaryl/α,β-unsaturated/α-hetero) is 1. The third-order valence-electron chi connectivity index (χ3n) is 4.03. The zero-order valence-corrected chi connectivity index (χ0v) is 12.0. The third-order valence-corrected chi connectivity index (χ3v) is 4.03. The van der Waals surface area contributed by atoms with Gasteiger partial charge in [-0.1, -0.05) is 0 Å². The lowest BCUT2D eigenvalue weighted by Gasteiger charge is -2.33. The highest BCUT2D eigenvalue weighted by Gasteiger charge is 2.39. The van der Waals surface area contributed by atoms with E-state index >= 15 is 0 Å². The summed E-state index contributed by atoms with van der Waals surface area (Å²) in [6, 6.07) is 0. The van der Waals surface area contributed by atoms with Crippen LogP contribution in [0.1, 0.15) is 37.7 Å². The van der Waals surface area contributed by atoms with Crippen molar-refractivity contribution >= 4 is 11.8 Å². The van der Waals surface area contributed by atoms with E-state index in [-0.39, 0.29) is 5.78 Å². The van der Waals surface area contributed by atoms with Gasteiger partial charge in [-0.05, 0) is 19.8 Å². The van der Waals surface area contributed by atoms with Crippen LogP contribution in [0.5, 0.6) is 0 Å². The predicted molar refractivity (Wildman–Crippen MR) is 75.1 cm³/mol. The van der Waals surface area contributed by atoms with Crippen molar-refractivity contribution in [2.45, 2.75) is 32.1 Å². The van der Waals surface area contributed by atoms with Crippen LogP contribution in [-0.2, 0) is 14.3 Å². The number of methoxy groups -OCH3 is 1. The van der Waals surface area contributed by atoms with Gasteiger partial charge < -0.3 is 10.1 Å². The number of carbonyl (C=O) groups is 2. The van der Waals surface area contributed by atoms with E-state index in [0.717, 1.165) is 29.8 Å². The average Bonchev–Trinajstić information content (AvgIpc) is 2.99. The van der Waals surface area contributed by atoms with E-state index in [9.17, 15) is 9.59 Å². The number of nitrogens with one attached hydrogen (secondary N) is 2. The molecule has 0 unspecified atom stereocenters. The van der Waals surface area contributed by atoms with E-state index in [2.05, 4.69) is 15.5 Å². The Morgan fingerprint density at radius 2 is 2.24 bits per heavy atom. The molecule has 1 aromatic rings. The van der Waals surface area contributed by atoms with Crippen LogP contribution in [0.2, 0.25) is 0 Å². The number of aromatic amines is 1. The van der Waals surface area contributed by atoms with Crippen molar-refractivity contribution in [1.29, 1.82) is 0 Å². The quantitative estimate of drug-likeness (QED) is 0.806. The Hall–Kier alpha value is -2.37. The van der Waals surface area contributed by atoms with Crippen LogP contribution >= 0.6 is 0 Å². The number of dihydropyridines is 1. The molecule has 21 heavy (non-hydrogen) atoms. The Balaban J connectivity index is 2.17. The third kappa shape index (κ3) is 2.16. The Bertz CT molecular complexity index is 656. The van der Waals surface area contributed by atoms with Gasteiger partial charge in [0, 0.05) is 35.1 Å². The van der Waals surface area contributed by atoms with Gasteiger partial charge >= 0.3 is 5.97 Å². The number of H-pyrrole nitrogens is 1. The summed E-state index contributed by atoms with van der Waals surface area (Å²) in [7, 11) is 1.35. The van der Waals surface area contributed by atoms with Gasteiger partial charge in [-0.15, -0.1) is 0 Å². The zero-order chi connectivity index (χ0) is 15.0. The Labute approximate surface area is 122 Å². The molecule has 0 bridgehead atoms. The molecule has 0 fully saturated rings. The molecule has 0 amide bonds. The molecule has 110 valence electrons. The number of allylic oxidation sites excluding steroid dienone is 3. The first-order valence-electron chi connectivity index (χ1n) is 6.94. The van der Waals surface area contributed by atoms with Gasteiger partial charge in [0.05, 0.1) is 24.8 Å². The van der Waals surface area contributed by atoms with Crippen LogP contribution in [0, 0.1) is 0 Å². The van der Waals surface area contributed by atoms with Crippen LogP contribution in [-0.4, -0.2) is 29.1 Å². The summed E-state index contributed by atoms with van der Waals surface area (Å²) in [5.74, 6) is -0.736.